The lowest BCUT2D eigenvalue weighted by Gasteiger charge is -2.19. The Bertz CT molecular complexity index is 765. The molecule has 3 rings (SSSR count). The lowest BCUT2D eigenvalue weighted by atomic mass is 10.2. The molecule has 126 valence electrons. The number of hydrogen-bond acceptors (Lipinski definition) is 5. The minimum atomic E-state index is -0.458. The Balaban J connectivity index is 1.51. The Labute approximate surface area is 143 Å². The number of ether oxygens (including phenoxy) is 1. The summed E-state index contributed by atoms with van der Waals surface area (Å²) in [7, 11) is 0. The molecular formula is C16H17ClN4O3. The van der Waals surface area contributed by atoms with Crippen LogP contribution in [-0.2, 0) is 11.3 Å². The van der Waals surface area contributed by atoms with Crippen LogP contribution >= 0.6 is 11.6 Å². The molecule has 24 heavy (non-hydrogen) atoms. The highest BCUT2D eigenvalue weighted by Crippen LogP contribution is 2.24. The third kappa shape index (κ3) is 3.86. The molecule has 0 radical (unpaired) electrons. The van der Waals surface area contributed by atoms with E-state index in [9.17, 15) is 9.59 Å². The Hall–Kier alpha value is -2.54. The number of carbonyl (C=O) groups excluding carboxylic acids is 1. The summed E-state index contributed by atoms with van der Waals surface area (Å²) < 4.78 is 5.21. The molecule has 7 nitrogen and oxygen atoms in total. The minimum Gasteiger partial charge on any atom is -0.445 e. The summed E-state index contributed by atoms with van der Waals surface area (Å²) in [6.07, 6.45) is 1.80. The molecule has 1 amide bonds. The third-order valence-corrected chi connectivity index (χ3v) is 4.21. The van der Waals surface area contributed by atoms with Gasteiger partial charge >= 0.3 is 6.09 Å². The van der Waals surface area contributed by atoms with Gasteiger partial charge in [0.05, 0.1) is 17.9 Å². The van der Waals surface area contributed by atoms with Gasteiger partial charge in [0.15, 0.2) is 0 Å². The number of nitrogens with one attached hydrogen (secondary N) is 2. The van der Waals surface area contributed by atoms with Gasteiger partial charge in [0, 0.05) is 13.1 Å². The number of hydrogen-bond donors (Lipinski definition) is 2. The predicted octanol–water partition coefficient (Wildman–Crippen LogP) is 1.93. The van der Waals surface area contributed by atoms with Crippen LogP contribution < -0.4 is 15.8 Å². The van der Waals surface area contributed by atoms with Crippen LogP contribution in [0.25, 0.3) is 0 Å². The molecule has 2 heterocycles. The summed E-state index contributed by atoms with van der Waals surface area (Å²) in [5.74, 6) is 0. The monoisotopic (exact) mass is 348 g/mol. The van der Waals surface area contributed by atoms with Crippen LogP contribution in [0.5, 0.6) is 0 Å². The number of aromatic amines is 1. The summed E-state index contributed by atoms with van der Waals surface area (Å²) in [4.78, 5) is 25.3. The summed E-state index contributed by atoms with van der Waals surface area (Å²) >= 11 is 6.01. The van der Waals surface area contributed by atoms with Crippen molar-refractivity contribution < 1.29 is 9.53 Å². The smallest absolute Gasteiger partial charge is 0.407 e. The second-order valence-electron chi connectivity index (χ2n) is 5.54. The molecule has 8 heteroatoms. The molecule has 0 unspecified atom stereocenters. The van der Waals surface area contributed by atoms with Gasteiger partial charge in [0.2, 0.25) is 0 Å². The van der Waals surface area contributed by atoms with E-state index < -0.39 is 11.7 Å². The SMILES string of the molecule is O=C(N[C@@H]1CCN(c2cn[nH]c(=O)c2Cl)C1)OCc1ccccc1. The van der Waals surface area contributed by atoms with Gasteiger partial charge in [-0.1, -0.05) is 41.9 Å². The van der Waals surface area contributed by atoms with E-state index >= 15 is 0 Å². The Kier molecular flexibility index (Phi) is 5.00. The predicted molar refractivity (Wildman–Crippen MR) is 90.2 cm³/mol. The zero-order valence-corrected chi connectivity index (χ0v) is 13.6. The number of aromatic nitrogens is 2. The molecule has 1 fully saturated rings. The first kappa shape index (κ1) is 16.3. The molecule has 0 spiro atoms. The van der Waals surface area contributed by atoms with E-state index in [1.165, 1.54) is 6.20 Å². The van der Waals surface area contributed by atoms with Crippen LogP contribution in [-0.4, -0.2) is 35.4 Å². The quantitative estimate of drug-likeness (QED) is 0.881. The normalized spacial score (nSPS) is 16.9. The highest BCUT2D eigenvalue weighted by Gasteiger charge is 2.26. The van der Waals surface area contributed by atoms with Gasteiger partial charge in [-0.25, -0.2) is 9.89 Å². The topological polar surface area (TPSA) is 87.3 Å². The Morgan fingerprint density at radius 3 is 3.00 bits per heavy atom. The fraction of sp³-hybridized carbons (Fsp3) is 0.312. The van der Waals surface area contributed by atoms with Crippen molar-refractivity contribution in [2.45, 2.75) is 19.1 Å². The van der Waals surface area contributed by atoms with Gasteiger partial charge in [0.1, 0.15) is 11.6 Å². The van der Waals surface area contributed by atoms with E-state index in [1.807, 2.05) is 35.2 Å². The second-order valence-corrected chi connectivity index (χ2v) is 5.91. The van der Waals surface area contributed by atoms with Crippen molar-refractivity contribution in [2.75, 3.05) is 18.0 Å². The van der Waals surface area contributed by atoms with Crippen molar-refractivity contribution in [3.63, 3.8) is 0 Å². The van der Waals surface area contributed by atoms with E-state index in [0.29, 0.717) is 18.8 Å². The molecule has 1 aliphatic heterocycles. The zero-order chi connectivity index (χ0) is 16.9. The number of H-pyrrole nitrogens is 1. The van der Waals surface area contributed by atoms with E-state index in [4.69, 9.17) is 16.3 Å². The first-order valence-electron chi connectivity index (χ1n) is 7.59. The molecule has 0 saturated carbocycles. The van der Waals surface area contributed by atoms with Gasteiger partial charge in [-0.05, 0) is 12.0 Å². The van der Waals surface area contributed by atoms with Crippen molar-refractivity contribution in [2.24, 2.45) is 0 Å². The van der Waals surface area contributed by atoms with Crippen molar-refractivity contribution in [3.8, 4) is 0 Å². The number of amides is 1. The third-order valence-electron chi connectivity index (χ3n) is 3.84. The maximum Gasteiger partial charge on any atom is 0.407 e. The number of alkyl carbamates (subject to hydrolysis) is 1. The average Bonchev–Trinajstić information content (AvgIpc) is 3.04. The van der Waals surface area contributed by atoms with Gasteiger partial charge in [-0.3, -0.25) is 4.79 Å². The van der Waals surface area contributed by atoms with Crippen LogP contribution in [0.4, 0.5) is 10.5 Å². The summed E-state index contributed by atoms with van der Waals surface area (Å²) in [5.41, 5.74) is 1.08. The van der Waals surface area contributed by atoms with E-state index in [1.54, 1.807) is 0 Å². The maximum absolute atomic E-state index is 11.9. The molecule has 2 aromatic rings. The molecule has 1 aliphatic rings. The number of nitrogens with zero attached hydrogens (tertiary/aromatic N) is 2. The van der Waals surface area contributed by atoms with Crippen molar-refractivity contribution >= 4 is 23.4 Å². The number of rotatable bonds is 4. The van der Waals surface area contributed by atoms with Gasteiger partial charge in [0.25, 0.3) is 5.56 Å². The maximum atomic E-state index is 11.9. The fourth-order valence-corrected chi connectivity index (χ4v) is 2.83. The van der Waals surface area contributed by atoms with Crippen LogP contribution in [0, 0.1) is 0 Å². The van der Waals surface area contributed by atoms with Crippen LogP contribution in [0.2, 0.25) is 5.02 Å². The highest BCUT2D eigenvalue weighted by atomic mass is 35.5. The van der Waals surface area contributed by atoms with Crippen LogP contribution in [0.1, 0.15) is 12.0 Å². The first-order chi connectivity index (χ1) is 11.6. The minimum absolute atomic E-state index is 0.0661. The lowest BCUT2D eigenvalue weighted by molar-refractivity contribution is 0.136. The Morgan fingerprint density at radius 2 is 2.21 bits per heavy atom. The highest BCUT2D eigenvalue weighted by molar-refractivity contribution is 6.33. The van der Waals surface area contributed by atoms with Crippen molar-refractivity contribution in [1.82, 2.24) is 15.5 Å². The summed E-state index contributed by atoms with van der Waals surface area (Å²) in [6.45, 7) is 1.45. The van der Waals surface area contributed by atoms with Crippen LogP contribution in [0.3, 0.4) is 0 Å². The van der Waals surface area contributed by atoms with Gasteiger partial charge in [-0.15, -0.1) is 0 Å². The summed E-state index contributed by atoms with van der Waals surface area (Å²) in [5, 5.41) is 8.99. The number of carbonyl (C=O) groups is 1. The molecule has 1 atom stereocenters. The average molecular weight is 349 g/mol. The standard InChI is InChI=1S/C16H17ClN4O3/c17-14-13(8-18-20-15(14)22)21-7-6-12(9-21)19-16(23)24-10-11-4-2-1-3-5-11/h1-5,8,12H,6-7,9-10H2,(H,19,23)(H,20,22)/t12-/m1/s1. The molecule has 0 aliphatic carbocycles. The zero-order valence-electron chi connectivity index (χ0n) is 12.9. The van der Waals surface area contributed by atoms with Crippen molar-refractivity contribution in [3.05, 3.63) is 57.5 Å². The lowest BCUT2D eigenvalue weighted by Crippen LogP contribution is -2.37. The van der Waals surface area contributed by atoms with E-state index in [-0.39, 0.29) is 17.7 Å². The van der Waals surface area contributed by atoms with E-state index in [2.05, 4.69) is 15.5 Å². The van der Waals surface area contributed by atoms with Gasteiger partial charge in [-0.2, -0.15) is 5.10 Å². The summed E-state index contributed by atoms with van der Waals surface area (Å²) in [6, 6.07) is 9.42. The van der Waals surface area contributed by atoms with E-state index in [0.717, 1.165) is 12.0 Å². The fourth-order valence-electron chi connectivity index (χ4n) is 2.62. The largest absolute Gasteiger partial charge is 0.445 e. The number of anilines is 1. The number of benzene rings is 1. The Morgan fingerprint density at radius 1 is 1.42 bits per heavy atom. The molecule has 0 bridgehead atoms. The number of halogens is 1. The molecule has 1 saturated heterocycles. The van der Waals surface area contributed by atoms with Gasteiger partial charge < -0.3 is 15.0 Å². The second kappa shape index (κ2) is 7.35. The first-order valence-corrected chi connectivity index (χ1v) is 7.96. The molecule has 2 N–H and O–H groups in total. The van der Waals surface area contributed by atoms with Crippen molar-refractivity contribution in [1.29, 1.82) is 0 Å². The molecule has 1 aromatic heterocycles. The van der Waals surface area contributed by atoms with Crippen LogP contribution in [0.15, 0.2) is 41.3 Å². The molecular weight excluding hydrogens is 332 g/mol. The molecule has 1 aromatic carbocycles.